The van der Waals surface area contributed by atoms with Gasteiger partial charge in [0.2, 0.25) is 0 Å². The number of nitro groups is 1. The van der Waals surface area contributed by atoms with Crippen LogP contribution in [0, 0.1) is 10.1 Å². The van der Waals surface area contributed by atoms with E-state index in [-0.39, 0.29) is 22.1 Å². The fourth-order valence-electron chi connectivity index (χ4n) is 1.35. The van der Waals surface area contributed by atoms with Gasteiger partial charge < -0.3 is 10.9 Å². The van der Waals surface area contributed by atoms with Crippen molar-refractivity contribution >= 4 is 34.8 Å². The predicted octanol–water partition coefficient (Wildman–Crippen LogP) is 1.65. The lowest BCUT2D eigenvalue weighted by Gasteiger charge is -2.02. The van der Waals surface area contributed by atoms with Gasteiger partial charge in [0, 0.05) is 24.2 Å². The van der Waals surface area contributed by atoms with E-state index < -0.39 is 4.92 Å². The number of aromatic nitrogens is 3. The first kappa shape index (κ1) is 15.1. The van der Waals surface area contributed by atoms with Crippen LogP contribution in [0.1, 0.15) is 18.3 Å². The summed E-state index contributed by atoms with van der Waals surface area (Å²) < 4.78 is 4.67. The van der Waals surface area contributed by atoms with Crippen LogP contribution < -0.4 is 5.73 Å². The Morgan fingerprint density at radius 1 is 1.67 bits per heavy atom. The Balaban J connectivity index is 2.36. The van der Waals surface area contributed by atoms with Gasteiger partial charge in [-0.3, -0.25) is 10.1 Å². The number of hydrogen-bond donors (Lipinski definition) is 2. The van der Waals surface area contributed by atoms with E-state index in [1.807, 2.05) is 6.92 Å². The Morgan fingerprint density at radius 2 is 2.43 bits per heavy atom. The Labute approximate surface area is 127 Å². The van der Waals surface area contributed by atoms with E-state index in [1.54, 1.807) is 0 Å². The van der Waals surface area contributed by atoms with Gasteiger partial charge >= 0.3 is 5.69 Å². The molecule has 0 aliphatic rings. The molecule has 0 saturated heterocycles. The second-order valence-corrected chi connectivity index (χ2v) is 5.71. The van der Waals surface area contributed by atoms with Crippen molar-refractivity contribution in [1.82, 2.24) is 14.3 Å². The molecule has 2 heterocycles. The summed E-state index contributed by atoms with van der Waals surface area (Å²) in [7, 11) is 0. The second kappa shape index (κ2) is 6.45. The summed E-state index contributed by atoms with van der Waals surface area (Å²) in [5.41, 5.74) is 5.33. The average molecular weight is 326 g/mol. The van der Waals surface area contributed by atoms with Gasteiger partial charge in [0.1, 0.15) is 5.82 Å². The minimum Gasteiger partial charge on any atom is -0.409 e. The molecule has 0 aliphatic carbocycles. The number of nitrogens with zero attached hydrogens (tertiary/aromatic N) is 5. The summed E-state index contributed by atoms with van der Waals surface area (Å²) in [5, 5.41) is 22.7. The highest BCUT2D eigenvalue weighted by molar-refractivity contribution is 8.01. The maximum Gasteiger partial charge on any atom is 0.302 e. The lowest BCUT2D eigenvalue weighted by Crippen LogP contribution is -2.14. The Morgan fingerprint density at radius 3 is 3.00 bits per heavy atom. The van der Waals surface area contributed by atoms with Gasteiger partial charge in [-0.25, -0.2) is 9.97 Å². The molecule has 0 saturated carbocycles. The highest BCUT2D eigenvalue weighted by Crippen LogP contribution is 2.34. The molecule has 0 atom stereocenters. The number of amidine groups is 1. The van der Waals surface area contributed by atoms with Gasteiger partial charge in [-0.1, -0.05) is 12.1 Å². The average Bonchev–Trinajstić information content (AvgIpc) is 2.94. The fourth-order valence-corrected chi connectivity index (χ4v) is 3.01. The van der Waals surface area contributed by atoms with Crippen LogP contribution in [0.25, 0.3) is 0 Å². The van der Waals surface area contributed by atoms with Gasteiger partial charge in [-0.2, -0.15) is 4.37 Å². The van der Waals surface area contributed by atoms with E-state index in [9.17, 15) is 10.1 Å². The SMILES string of the molecule is CCc1nsc(Sc2ncc(C(N)=NO)cc2[N+](=O)[O-])n1. The van der Waals surface area contributed by atoms with E-state index in [2.05, 4.69) is 19.5 Å². The van der Waals surface area contributed by atoms with Crippen LogP contribution in [0.4, 0.5) is 5.69 Å². The molecule has 0 spiro atoms. The molecule has 2 aromatic heterocycles. The van der Waals surface area contributed by atoms with Crippen molar-refractivity contribution in [3.63, 3.8) is 0 Å². The maximum atomic E-state index is 11.1. The summed E-state index contributed by atoms with van der Waals surface area (Å²) in [6.45, 7) is 1.92. The number of nitrogens with two attached hydrogens (primary N) is 1. The minimum absolute atomic E-state index is 0.167. The normalized spacial score (nSPS) is 11.6. The van der Waals surface area contributed by atoms with Crippen molar-refractivity contribution in [3.8, 4) is 0 Å². The topological polar surface area (TPSA) is 140 Å². The van der Waals surface area contributed by atoms with Crippen molar-refractivity contribution < 1.29 is 10.1 Å². The van der Waals surface area contributed by atoms with Crippen LogP contribution in [0.5, 0.6) is 0 Å². The third kappa shape index (κ3) is 3.44. The van der Waals surface area contributed by atoms with Gasteiger partial charge in [0.05, 0.1) is 4.92 Å². The highest BCUT2D eigenvalue weighted by Gasteiger charge is 2.20. The third-order valence-electron chi connectivity index (χ3n) is 2.38. The smallest absolute Gasteiger partial charge is 0.302 e. The summed E-state index contributed by atoms with van der Waals surface area (Å²) >= 11 is 2.21. The Bertz CT molecular complexity index is 702. The maximum absolute atomic E-state index is 11.1. The number of aryl methyl sites for hydroxylation is 1. The monoisotopic (exact) mass is 326 g/mol. The van der Waals surface area contributed by atoms with E-state index in [1.165, 1.54) is 12.3 Å². The Kier molecular flexibility index (Phi) is 4.65. The molecule has 0 aliphatic heterocycles. The molecule has 2 aromatic rings. The Hall–Kier alpha value is -2.27. The van der Waals surface area contributed by atoms with Gasteiger partial charge in [0.25, 0.3) is 0 Å². The van der Waals surface area contributed by atoms with Crippen molar-refractivity contribution in [2.75, 3.05) is 0 Å². The van der Waals surface area contributed by atoms with Crippen LogP contribution in [0.15, 0.2) is 26.8 Å². The quantitative estimate of drug-likeness (QED) is 0.278. The first-order chi connectivity index (χ1) is 10.0. The predicted molar refractivity (Wildman–Crippen MR) is 76.8 cm³/mol. The lowest BCUT2D eigenvalue weighted by atomic mass is 10.2. The first-order valence-corrected chi connectivity index (χ1v) is 7.27. The summed E-state index contributed by atoms with van der Waals surface area (Å²) in [6.07, 6.45) is 1.99. The van der Waals surface area contributed by atoms with E-state index in [0.717, 1.165) is 23.3 Å². The number of hydrogen-bond acceptors (Lipinski definition) is 9. The minimum atomic E-state index is -0.578. The van der Waals surface area contributed by atoms with Gasteiger partial charge in [-0.15, -0.1) is 0 Å². The summed E-state index contributed by atoms with van der Waals surface area (Å²) in [5.74, 6) is 0.435. The molecule has 3 N–H and O–H groups in total. The number of oxime groups is 1. The zero-order chi connectivity index (χ0) is 15.4. The van der Waals surface area contributed by atoms with Gasteiger partial charge in [0.15, 0.2) is 15.2 Å². The lowest BCUT2D eigenvalue weighted by molar-refractivity contribution is -0.388. The zero-order valence-electron chi connectivity index (χ0n) is 10.8. The second-order valence-electron chi connectivity index (χ2n) is 3.72. The summed E-state index contributed by atoms with van der Waals surface area (Å²) in [4.78, 5) is 18.7. The van der Waals surface area contributed by atoms with Gasteiger partial charge in [-0.05, 0) is 23.3 Å². The fraction of sp³-hybridized carbons (Fsp3) is 0.200. The van der Waals surface area contributed by atoms with Crippen LogP contribution in [0.2, 0.25) is 0 Å². The van der Waals surface area contributed by atoms with Crippen molar-refractivity contribution in [1.29, 1.82) is 0 Å². The number of pyridine rings is 1. The largest absolute Gasteiger partial charge is 0.409 e. The molecule has 110 valence electrons. The van der Waals surface area contributed by atoms with Crippen molar-refractivity contribution in [2.24, 2.45) is 10.9 Å². The van der Waals surface area contributed by atoms with Crippen LogP contribution >= 0.6 is 23.3 Å². The van der Waals surface area contributed by atoms with E-state index >= 15 is 0 Å². The third-order valence-corrected chi connectivity index (χ3v) is 4.18. The molecule has 0 bridgehead atoms. The zero-order valence-corrected chi connectivity index (χ0v) is 12.4. The molecule has 0 radical (unpaired) electrons. The van der Waals surface area contributed by atoms with Crippen LogP contribution in [0.3, 0.4) is 0 Å². The molecule has 0 fully saturated rings. The van der Waals surface area contributed by atoms with E-state index in [4.69, 9.17) is 10.9 Å². The van der Waals surface area contributed by atoms with Crippen LogP contribution in [-0.4, -0.2) is 30.3 Å². The molecule has 0 unspecified atom stereocenters. The van der Waals surface area contributed by atoms with Crippen LogP contribution in [-0.2, 0) is 6.42 Å². The van der Waals surface area contributed by atoms with E-state index in [0.29, 0.717) is 16.6 Å². The highest BCUT2D eigenvalue weighted by atomic mass is 32.2. The molecular formula is C10H10N6O3S2. The summed E-state index contributed by atoms with van der Waals surface area (Å²) in [6, 6.07) is 1.20. The molecule has 0 aromatic carbocycles. The standard InChI is InChI=1S/C10H10N6O3S2/c1-2-7-13-10(21-15-7)20-9-6(16(18)19)3-5(4-12-9)8(11)14-17/h3-4,17H,2H2,1H3,(H2,11,14). The molecule has 21 heavy (non-hydrogen) atoms. The van der Waals surface area contributed by atoms with Crippen molar-refractivity contribution in [3.05, 3.63) is 33.8 Å². The molecule has 0 amide bonds. The molecular weight excluding hydrogens is 316 g/mol. The molecule has 11 heteroatoms. The number of rotatable bonds is 5. The van der Waals surface area contributed by atoms with Crippen molar-refractivity contribution in [2.45, 2.75) is 22.7 Å². The molecule has 2 rings (SSSR count). The molecule has 9 nitrogen and oxygen atoms in total. The first-order valence-electron chi connectivity index (χ1n) is 5.68.